The summed E-state index contributed by atoms with van der Waals surface area (Å²) in [5.41, 5.74) is 2.40. The lowest BCUT2D eigenvalue weighted by Crippen LogP contribution is -1.81. The van der Waals surface area contributed by atoms with Crippen molar-refractivity contribution >= 4 is 23.6 Å². The van der Waals surface area contributed by atoms with E-state index in [0.29, 0.717) is 4.77 Å². The molecule has 0 unspecified atom stereocenters. The first kappa shape index (κ1) is 8.65. The zero-order valence-corrected chi connectivity index (χ0v) is 8.97. The lowest BCUT2D eigenvalue weighted by atomic mass is 10.2. The van der Waals surface area contributed by atoms with Crippen molar-refractivity contribution in [1.29, 1.82) is 0 Å². The van der Waals surface area contributed by atoms with Crippen LogP contribution in [-0.4, -0.2) is 15.2 Å². The third-order valence-electron chi connectivity index (χ3n) is 2.04. The Bertz CT molecular complexity index is 478. The van der Waals surface area contributed by atoms with E-state index >= 15 is 0 Å². The summed E-state index contributed by atoms with van der Waals surface area (Å²) in [6.07, 6.45) is 0. The number of H-pyrrole nitrogens is 2. The first-order valence-electron chi connectivity index (χ1n) is 3.88. The highest BCUT2D eigenvalue weighted by Crippen LogP contribution is 2.27. The molecule has 68 valence electrons. The van der Waals surface area contributed by atoms with Crippen LogP contribution in [0.5, 0.6) is 0 Å². The fourth-order valence-corrected chi connectivity index (χ4v) is 2.16. The van der Waals surface area contributed by atoms with Gasteiger partial charge in [0.2, 0.25) is 4.77 Å². The Balaban J connectivity index is 2.58. The summed E-state index contributed by atoms with van der Waals surface area (Å²) in [5, 5.41) is 7.82. The number of aryl methyl sites for hydroxylation is 1. The summed E-state index contributed by atoms with van der Waals surface area (Å²) in [6.45, 7) is 4.19. The molecule has 5 heteroatoms. The predicted octanol–water partition coefficient (Wildman–Crippen LogP) is 2.81. The van der Waals surface area contributed by atoms with Crippen LogP contribution in [0.3, 0.4) is 0 Å². The van der Waals surface area contributed by atoms with E-state index in [1.807, 2.05) is 0 Å². The quantitative estimate of drug-likeness (QED) is 0.712. The van der Waals surface area contributed by atoms with E-state index in [0.717, 1.165) is 11.4 Å². The molecule has 2 heterocycles. The molecule has 2 N–H and O–H groups in total. The molecule has 0 aliphatic rings. The lowest BCUT2D eigenvalue weighted by Gasteiger charge is -1.93. The number of hydrogen-bond donors (Lipinski definition) is 2. The van der Waals surface area contributed by atoms with Gasteiger partial charge in [-0.3, -0.25) is 10.2 Å². The summed E-state index contributed by atoms with van der Waals surface area (Å²) in [7, 11) is 0. The molecule has 0 saturated carbocycles. The van der Waals surface area contributed by atoms with Gasteiger partial charge < -0.3 is 0 Å². The fourth-order valence-electron chi connectivity index (χ4n) is 1.14. The van der Waals surface area contributed by atoms with E-state index in [1.165, 1.54) is 10.4 Å². The topological polar surface area (TPSA) is 44.5 Å². The third kappa shape index (κ3) is 1.45. The molecule has 2 aromatic heterocycles. The monoisotopic (exact) mass is 211 g/mol. The van der Waals surface area contributed by atoms with Gasteiger partial charge in [0.15, 0.2) is 5.82 Å². The maximum absolute atomic E-state index is 4.89. The van der Waals surface area contributed by atoms with E-state index in [4.69, 9.17) is 12.2 Å². The minimum Gasteiger partial charge on any atom is -0.282 e. The van der Waals surface area contributed by atoms with Crippen LogP contribution in [0.1, 0.15) is 10.4 Å². The molecule has 0 bridgehead atoms. The van der Waals surface area contributed by atoms with Crippen LogP contribution in [-0.2, 0) is 0 Å². The lowest BCUT2D eigenvalue weighted by molar-refractivity contribution is 1.08. The van der Waals surface area contributed by atoms with Gasteiger partial charge in [0.1, 0.15) is 0 Å². The van der Waals surface area contributed by atoms with Gasteiger partial charge in [-0.25, -0.2) is 0 Å². The van der Waals surface area contributed by atoms with E-state index < -0.39 is 0 Å². The van der Waals surface area contributed by atoms with Gasteiger partial charge in [-0.1, -0.05) is 0 Å². The van der Waals surface area contributed by atoms with Crippen molar-refractivity contribution in [2.24, 2.45) is 0 Å². The molecule has 0 aliphatic carbocycles. The molecule has 0 amide bonds. The van der Waals surface area contributed by atoms with Crippen LogP contribution in [0.2, 0.25) is 0 Å². The van der Waals surface area contributed by atoms with Gasteiger partial charge in [0.05, 0.1) is 0 Å². The van der Waals surface area contributed by atoms with E-state index in [9.17, 15) is 0 Å². The Morgan fingerprint density at radius 2 is 2.15 bits per heavy atom. The smallest absolute Gasteiger partial charge is 0.213 e. The predicted molar refractivity (Wildman–Crippen MR) is 56.6 cm³/mol. The van der Waals surface area contributed by atoms with Gasteiger partial charge in [-0.2, -0.15) is 4.98 Å². The summed E-state index contributed by atoms with van der Waals surface area (Å²) in [4.78, 5) is 5.48. The first-order valence-corrected chi connectivity index (χ1v) is 5.17. The van der Waals surface area contributed by atoms with Crippen molar-refractivity contribution in [3.8, 4) is 11.4 Å². The Labute approximate surface area is 84.8 Å². The number of rotatable bonds is 1. The van der Waals surface area contributed by atoms with Crippen molar-refractivity contribution in [1.82, 2.24) is 15.2 Å². The standard InChI is InChI=1S/C8H9N3S2/c1-4-5(2)13-3-6(4)7-9-8(12)11-10-7/h3H,1-2H3,(H2,9,10,11,12). The maximum atomic E-state index is 4.89. The molecular formula is C8H9N3S2. The zero-order chi connectivity index (χ0) is 9.42. The molecule has 0 atom stereocenters. The molecule has 0 radical (unpaired) electrons. The minimum atomic E-state index is 0.498. The Morgan fingerprint density at radius 1 is 1.38 bits per heavy atom. The van der Waals surface area contributed by atoms with Crippen LogP contribution in [0.15, 0.2) is 5.38 Å². The minimum absolute atomic E-state index is 0.498. The van der Waals surface area contributed by atoms with Gasteiger partial charge in [0.25, 0.3) is 0 Å². The average Bonchev–Trinajstić information content (AvgIpc) is 2.62. The number of nitrogens with zero attached hydrogens (tertiary/aromatic N) is 1. The fraction of sp³-hybridized carbons (Fsp3) is 0.250. The second-order valence-corrected chi connectivity index (χ2v) is 4.32. The number of aromatic amines is 2. The van der Waals surface area contributed by atoms with Crippen molar-refractivity contribution in [2.75, 3.05) is 0 Å². The van der Waals surface area contributed by atoms with Crippen LogP contribution < -0.4 is 0 Å². The number of hydrogen-bond acceptors (Lipinski definition) is 3. The SMILES string of the molecule is Cc1scc(-c2nc(=S)[nH][nH]2)c1C. The Kier molecular flexibility index (Phi) is 2.05. The van der Waals surface area contributed by atoms with Gasteiger partial charge in [-0.15, -0.1) is 11.3 Å². The molecule has 2 aromatic rings. The second kappa shape index (κ2) is 3.08. The van der Waals surface area contributed by atoms with Crippen LogP contribution in [0.25, 0.3) is 11.4 Å². The highest BCUT2D eigenvalue weighted by Gasteiger charge is 2.08. The molecule has 0 fully saturated rings. The molecule has 0 aromatic carbocycles. The van der Waals surface area contributed by atoms with Gasteiger partial charge in [-0.05, 0) is 31.6 Å². The van der Waals surface area contributed by atoms with Crippen LogP contribution in [0, 0.1) is 18.6 Å². The van der Waals surface area contributed by atoms with Crippen LogP contribution >= 0.6 is 23.6 Å². The molecule has 3 nitrogen and oxygen atoms in total. The van der Waals surface area contributed by atoms with E-state index in [-0.39, 0.29) is 0 Å². The summed E-state index contributed by atoms with van der Waals surface area (Å²) < 4.78 is 0.498. The summed E-state index contributed by atoms with van der Waals surface area (Å²) in [5.74, 6) is 0.826. The zero-order valence-electron chi connectivity index (χ0n) is 7.34. The second-order valence-electron chi connectivity index (χ2n) is 2.85. The average molecular weight is 211 g/mol. The molecule has 13 heavy (non-hydrogen) atoms. The van der Waals surface area contributed by atoms with E-state index in [2.05, 4.69) is 34.4 Å². The van der Waals surface area contributed by atoms with Crippen molar-refractivity contribution < 1.29 is 0 Å². The molecule has 0 aliphatic heterocycles. The highest BCUT2D eigenvalue weighted by molar-refractivity contribution is 7.71. The highest BCUT2D eigenvalue weighted by atomic mass is 32.1. The van der Waals surface area contributed by atoms with Gasteiger partial charge >= 0.3 is 0 Å². The molecule has 0 saturated heterocycles. The Hall–Kier alpha value is -0.940. The Morgan fingerprint density at radius 3 is 2.62 bits per heavy atom. The largest absolute Gasteiger partial charge is 0.282 e. The van der Waals surface area contributed by atoms with Crippen molar-refractivity contribution in [3.63, 3.8) is 0 Å². The van der Waals surface area contributed by atoms with Gasteiger partial charge in [0, 0.05) is 15.8 Å². The van der Waals surface area contributed by atoms with Crippen molar-refractivity contribution in [3.05, 3.63) is 20.6 Å². The molecule has 2 rings (SSSR count). The normalized spacial score (nSPS) is 10.6. The van der Waals surface area contributed by atoms with Crippen LogP contribution in [0.4, 0.5) is 0 Å². The number of thiophene rings is 1. The summed E-state index contributed by atoms with van der Waals surface area (Å²) in [6, 6.07) is 0. The van der Waals surface area contributed by atoms with E-state index in [1.54, 1.807) is 11.3 Å². The van der Waals surface area contributed by atoms with Crippen molar-refractivity contribution in [2.45, 2.75) is 13.8 Å². The number of nitrogens with one attached hydrogen (secondary N) is 2. The number of aromatic nitrogens is 3. The first-order chi connectivity index (χ1) is 6.18. The molecule has 0 spiro atoms. The molecular weight excluding hydrogens is 202 g/mol. The maximum Gasteiger partial charge on any atom is 0.213 e. The third-order valence-corrected chi connectivity index (χ3v) is 3.25. The summed E-state index contributed by atoms with van der Waals surface area (Å²) >= 11 is 6.62.